The average Bonchev–Trinajstić information content (AvgIpc) is 2.69. The first kappa shape index (κ1) is 12.0. The van der Waals surface area contributed by atoms with Crippen molar-refractivity contribution in [1.29, 1.82) is 0 Å². The Balaban J connectivity index is 2.40. The average molecular weight is 250 g/mol. The van der Waals surface area contributed by atoms with Crippen LogP contribution in [0.3, 0.4) is 0 Å². The third kappa shape index (κ3) is 2.29. The second-order valence-electron chi connectivity index (χ2n) is 4.99. The molecule has 0 aliphatic heterocycles. The van der Waals surface area contributed by atoms with Crippen molar-refractivity contribution in [3.05, 3.63) is 28.1 Å². The number of aromatic nitrogens is 2. The summed E-state index contributed by atoms with van der Waals surface area (Å²) in [7, 11) is 0. The van der Waals surface area contributed by atoms with E-state index in [4.69, 9.17) is 0 Å². The summed E-state index contributed by atoms with van der Waals surface area (Å²) in [5.41, 5.74) is 0.117. The van der Waals surface area contributed by atoms with Crippen molar-refractivity contribution in [2.45, 2.75) is 27.3 Å². The molecule has 4 nitrogen and oxygen atoms in total. The molecule has 90 valence electrons. The molecule has 0 radical (unpaired) electrons. The van der Waals surface area contributed by atoms with Crippen LogP contribution >= 0.6 is 11.3 Å². The number of carbonyl (C=O) groups is 1. The highest BCUT2D eigenvalue weighted by atomic mass is 32.1. The molecule has 0 fully saturated rings. The lowest BCUT2D eigenvalue weighted by atomic mass is 9.91. The first-order valence-electron chi connectivity index (χ1n) is 5.35. The van der Waals surface area contributed by atoms with E-state index in [1.807, 2.05) is 26.2 Å². The largest absolute Gasteiger partial charge is 0.297 e. The predicted molar refractivity (Wildman–Crippen MR) is 68.3 cm³/mol. The van der Waals surface area contributed by atoms with Crippen molar-refractivity contribution in [2.24, 2.45) is 5.41 Å². The second kappa shape index (κ2) is 4.07. The van der Waals surface area contributed by atoms with E-state index in [9.17, 15) is 9.59 Å². The van der Waals surface area contributed by atoms with E-state index >= 15 is 0 Å². The molecule has 0 aliphatic rings. The van der Waals surface area contributed by atoms with Gasteiger partial charge in [0.15, 0.2) is 5.78 Å². The fourth-order valence-electron chi connectivity index (χ4n) is 1.38. The van der Waals surface area contributed by atoms with Crippen LogP contribution in [0.15, 0.2) is 22.6 Å². The van der Waals surface area contributed by atoms with Gasteiger partial charge in [0.25, 0.3) is 5.56 Å². The standard InChI is InChI=1S/C12H14N2O2S/c1-12(2,3)9(15)6-14-7-13-8-4-5-17-10(8)11(14)16/h4-5,7H,6H2,1-3H3. The van der Waals surface area contributed by atoms with E-state index in [0.717, 1.165) is 0 Å². The molecule has 0 unspecified atom stereocenters. The molecule has 0 saturated carbocycles. The molecule has 2 rings (SSSR count). The quantitative estimate of drug-likeness (QED) is 0.820. The van der Waals surface area contributed by atoms with Crippen LogP contribution in [0, 0.1) is 5.41 Å². The van der Waals surface area contributed by atoms with Crippen LogP contribution in [-0.2, 0) is 11.3 Å². The van der Waals surface area contributed by atoms with Gasteiger partial charge in [-0.3, -0.25) is 14.2 Å². The molecule has 0 saturated heterocycles. The third-order valence-electron chi connectivity index (χ3n) is 2.59. The molecule has 2 aromatic rings. The summed E-state index contributed by atoms with van der Waals surface area (Å²) in [6.45, 7) is 5.62. The number of fused-ring (bicyclic) bond motifs is 1. The van der Waals surface area contributed by atoms with Gasteiger partial charge in [0.1, 0.15) is 4.70 Å². The summed E-state index contributed by atoms with van der Waals surface area (Å²) in [4.78, 5) is 28.1. The van der Waals surface area contributed by atoms with Crippen molar-refractivity contribution < 1.29 is 4.79 Å². The van der Waals surface area contributed by atoms with Crippen LogP contribution in [0.5, 0.6) is 0 Å². The van der Waals surface area contributed by atoms with Crippen LogP contribution in [0.25, 0.3) is 10.2 Å². The molecule has 0 atom stereocenters. The SMILES string of the molecule is CC(C)(C)C(=O)Cn1cnc2ccsc2c1=O. The fourth-order valence-corrected chi connectivity index (χ4v) is 2.18. The lowest BCUT2D eigenvalue weighted by Gasteiger charge is -2.16. The van der Waals surface area contributed by atoms with Crippen molar-refractivity contribution in [3.63, 3.8) is 0 Å². The summed E-state index contributed by atoms with van der Waals surface area (Å²) in [6, 6.07) is 1.80. The highest BCUT2D eigenvalue weighted by Crippen LogP contribution is 2.16. The minimum Gasteiger partial charge on any atom is -0.297 e. The summed E-state index contributed by atoms with van der Waals surface area (Å²) in [5.74, 6) is 0.0253. The van der Waals surface area contributed by atoms with E-state index in [1.165, 1.54) is 22.2 Å². The van der Waals surface area contributed by atoms with Crippen molar-refractivity contribution in [1.82, 2.24) is 9.55 Å². The van der Waals surface area contributed by atoms with Crippen molar-refractivity contribution in [3.8, 4) is 0 Å². The zero-order chi connectivity index (χ0) is 12.6. The minimum absolute atomic E-state index is 0.0253. The van der Waals surface area contributed by atoms with Gasteiger partial charge in [-0.1, -0.05) is 20.8 Å². The minimum atomic E-state index is -0.441. The van der Waals surface area contributed by atoms with Crippen LogP contribution in [0.2, 0.25) is 0 Å². The Bertz CT molecular complexity index is 619. The first-order chi connectivity index (χ1) is 7.89. The summed E-state index contributed by atoms with van der Waals surface area (Å²) in [5, 5.41) is 1.83. The Morgan fingerprint density at radius 3 is 2.82 bits per heavy atom. The molecule has 0 amide bonds. The maximum absolute atomic E-state index is 12.0. The molecule has 17 heavy (non-hydrogen) atoms. The molecule has 0 bridgehead atoms. The number of thiophene rings is 1. The summed E-state index contributed by atoms with van der Waals surface area (Å²) in [6.07, 6.45) is 1.45. The van der Waals surface area contributed by atoms with Gasteiger partial charge in [0.05, 0.1) is 18.4 Å². The molecular formula is C12H14N2O2S. The zero-order valence-electron chi connectivity index (χ0n) is 10.1. The van der Waals surface area contributed by atoms with Gasteiger partial charge in [0.2, 0.25) is 0 Å². The van der Waals surface area contributed by atoms with Crippen molar-refractivity contribution >= 4 is 27.3 Å². The Labute approximate surface area is 103 Å². The van der Waals surface area contributed by atoms with E-state index in [1.54, 1.807) is 6.07 Å². The highest BCUT2D eigenvalue weighted by molar-refractivity contribution is 7.17. The molecule has 0 aliphatic carbocycles. The van der Waals surface area contributed by atoms with E-state index in [-0.39, 0.29) is 17.9 Å². The molecule has 0 aromatic carbocycles. The van der Waals surface area contributed by atoms with Crippen molar-refractivity contribution in [2.75, 3.05) is 0 Å². The third-order valence-corrected chi connectivity index (χ3v) is 3.48. The van der Waals surface area contributed by atoms with E-state index in [2.05, 4.69) is 4.98 Å². The summed E-state index contributed by atoms with van der Waals surface area (Å²) < 4.78 is 1.99. The number of carbonyl (C=O) groups excluding carboxylic acids is 1. The van der Waals surface area contributed by atoms with Gasteiger partial charge >= 0.3 is 0 Å². The van der Waals surface area contributed by atoms with Gasteiger partial charge in [0, 0.05) is 5.41 Å². The number of rotatable bonds is 2. The van der Waals surface area contributed by atoms with Crippen LogP contribution in [-0.4, -0.2) is 15.3 Å². The second-order valence-corrected chi connectivity index (χ2v) is 5.90. The number of ketones is 1. The number of hydrogen-bond donors (Lipinski definition) is 0. The highest BCUT2D eigenvalue weighted by Gasteiger charge is 2.22. The lowest BCUT2D eigenvalue weighted by Crippen LogP contribution is -2.30. The van der Waals surface area contributed by atoms with Crippen LogP contribution < -0.4 is 5.56 Å². The fraction of sp³-hybridized carbons (Fsp3) is 0.417. The molecular weight excluding hydrogens is 236 g/mol. The Hall–Kier alpha value is -1.49. The van der Waals surface area contributed by atoms with E-state index < -0.39 is 5.41 Å². The molecule has 2 aromatic heterocycles. The Morgan fingerprint density at radius 2 is 2.18 bits per heavy atom. The van der Waals surface area contributed by atoms with Gasteiger partial charge in [-0.15, -0.1) is 11.3 Å². The molecule has 0 N–H and O–H groups in total. The first-order valence-corrected chi connectivity index (χ1v) is 6.23. The van der Waals surface area contributed by atoms with Gasteiger partial charge < -0.3 is 0 Å². The normalized spacial score (nSPS) is 11.9. The topological polar surface area (TPSA) is 52.0 Å². The van der Waals surface area contributed by atoms with Gasteiger partial charge in [-0.05, 0) is 11.4 Å². The predicted octanol–water partition coefficient (Wildman–Crippen LogP) is 2.07. The molecule has 0 spiro atoms. The number of hydrogen-bond acceptors (Lipinski definition) is 4. The summed E-state index contributed by atoms with van der Waals surface area (Å²) >= 11 is 1.36. The maximum Gasteiger partial charge on any atom is 0.271 e. The number of nitrogens with zero attached hydrogens (tertiary/aromatic N) is 2. The monoisotopic (exact) mass is 250 g/mol. The van der Waals surface area contributed by atoms with E-state index in [0.29, 0.717) is 10.2 Å². The lowest BCUT2D eigenvalue weighted by molar-refractivity contribution is -0.126. The van der Waals surface area contributed by atoms with Gasteiger partial charge in [-0.2, -0.15) is 0 Å². The Kier molecular flexibility index (Phi) is 2.87. The zero-order valence-corrected chi connectivity index (χ0v) is 10.9. The maximum atomic E-state index is 12.0. The molecule has 2 heterocycles. The number of Topliss-reactive ketones (excluding diaryl/α,β-unsaturated/α-hetero) is 1. The van der Waals surface area contributed by atoms with Crippen LogP contribution in [0.1, 0.15) is 20.8 Å². The smallest absolute Gasteiger partial charge is 0.271 e. The molecule has 5 heteroatoms. The van der Waals surface area contributed by atoms with Gasteiger partial charge in [-0.25, -0.2) is 4.98 Å². The Morgan fingerprint density at radius 1 is 1.47 bits per heavy atom. The van der Waals surface area contributed by atoms with Crippen LogP contribution in [0.4, 0.5) is 0 Å².